The summed E-state index contributed by atoms with van der Waals surface area (Å²) >= 11 is 3.51. The summed E-state index contributed by atoms with van der Waals surface area (Å²) in [5.41, 5.74) is 4.32. The lowest BCUT2D eigenvalue weighted by Crippen LogP contribution is -1.91. The fraction of sp³-hybridized carbons (Fsp3) is 0.118. The molecule has 0 aliphatic heterocycles. The maximum atomic E-state index is 9.78. The van der Waals surface area contributed by atoms with E-state index in [1.165, 1.54) is 0 Å². The first-order chi connectivity index (χ1) is 10.2. The molecular formula is C17H14BrNO2. The summed E-state index contributed by atoms with van der Waals surface area (Å²) in [6, 6.07) is 15.7. The van der Waals surface area contributed by atoms with Crippen molar-refractivity contribution in [2.45, 2.75) is 13.5 Å². The predicted molar refractivity (Wildman–Crippen MR) is 85.7 cm³/mol. The Morgan fingerprint density at radius 1 is 1.05 bits per heavy atom. The highest BCUT2D eigenvalue weighted by atomic mass is 79.9. The Labute approximate surface area is 131 Å². The monoisotopic (exact) mass is 343 g/mol. The minimum Gasteiger partial charge on any atom is -0.391 e. The summed E-state index contributed by atoms with van der Waals surface area (Å²) in [5.74, 6) is 0.626. The van der Waals surface area contributed by atoms with E-state index >= 15 is 0 Å². The molecule has 1 N–H and O–H groups in total. The Bertz CT molecular complexity index is 717. The summed E-state index contributed by atoms with van der Waals surface area (Å²) in [4.78, 5) is 0. The van der Waals surface area contributed by atoms with Gasteiger partial charge in [-0.2, -0.15) is 0 Å². The molecule has 2 aromatic carbocycles. The van der Waals surface area contributed by atoms with Gasteiger partial charge in [-0.15, -0.1) is 0 Å². The van der Waals surface area contributed by atoms with Crippen LogP contribution >= 0.6 is 15.9 Å². The van der Waals surface area contributed by atoms with E-state index in [1.54, 1.807) is 0 Å². The van der Waals surface area contributed by atoms with Crippen LogP contribution in [0.15, 0.2) is 57.5 Å². The smallest absolute Gasteiger partial charge is 0.173 e. The molecule has 0 aliphatic carbocycles. The van der Waals surface area contributed by atoms with Crippen LogP contribution in [-0.2, 0) is 6.61 Å². The second kappa shape index (κ2) is 5.84. The maximum Gasteiger partial charge on any atom is 0.173 e. The molecule has 0 saturated heterocycles. The third kappa shape index (κ3) is 2.52. The fourth-order valence-electron chi connectivity index (χ4n) is 2.36. The van der Waals surface area contributed by atoms with Gasteiger partial charge in [0.25, 0.3) is 0 Å². The van der Waals surface area contributed by atoms with Gasteiger partial charge in [-0.1, -0.05) is 63.6 Å². The average molecular weight is 344 g/mol. The van der Waals surface area contributed by atoms with Crippen LogP contribution in [0.4, 0.5) is 0 Å². The largest absolute Gasteiger partial charge is 0.391 e. The summed E-state index contributed by atoms with van der Waals surface area (Å²) < 4.78 is 6.45. The minimum atomic E-state index is -0.121. The van der Waals surface area contributed by atoms with Crippen LogP contribution in [0, 0.1) is 6.92 Å². The molecule has 1 aromatic heterocycles. The highest BCUT2D eigenvalue weighted by Crippen LogP contribution is 2.36. The van der Waals surface area contributed by atoms with E-state index in [2.05, 4.69) is 21.1 Å². The number of nitrogens with zero attached hydrogens (tertiary/aromatic N) is 1. The molecule has 0 fully saturated rings. The molecule has 0 atom stereocenters. The molecule has 0 bridgehead atoms. The molecule has 0 saturated carbocycles. The van der Waals surface area contributed by atoms with Crippen molar-refractivity contribution < 1.29 is 9.63 Å². The van der Waals surface area contributed by atoms with Gasteiger partial charge in [0.15, 0.2) is 5.76 Å². The molecule has 3 rings (SSSR count). The summed E-state index contributed by atoms with van der Waals surface area (Å²) in [7, 11) is 0. The molecule has 3 aromatic rings. The van der Waals surface area contributed by atoms with Gasteiger partial charge in [0.2, 0.25) is 0 Å². The Morgan fingerprint density at radius 2 is 1.71 bits per heavy atom. The van der Waals surface area contributed by atoms with Crippen molar-refractivity contribution in [1.82, 2.24) is 5.16 Å². The zero-order chi connectivity index (χ0) is 14.8. The van der Waals surface area contributed by atoms with Crippen molar-refractivity contribution in [3.63, 3.8) is 0 Å². The molecular weight excluding hydrogens is 330 g/mol. The van der Waals surface area contributed by atoms with Crippen molar-refractivity contribution in [2.24, 2.45) is 0 Å². The van der Waals surface area contributed by atoms with E-state index in [4.69, 9.17) is 4.52 Å². The number of hydrogen-bond acceptors (Lipinski definition) is 3. The van der Waals surface area contributed by atoms with Gasteiger partial charge in [-0.25, -0.2) is 0 Å². The van der Waals surface area contributed by atoms with Gasteiger partial charge in [-0.05, 0) is 18.6 Å². The van der Waals surface area contributed by atoms with Crippen LogP contribution < -0.4 is 0 Å². The van der Waals surface area contributed by atoms with Gasteiger partial charge in [0, 0.05) is 15.6 Å². The number of halogens is 1. The normalized spacial score (nSPS) is 10.8. The van der Waals surface area contributed by atoms with Crippen LogP contribution in [0.2, 0.25) is 0 Å². The quantitative estimate of drug-likeness (QED) is 0.757. The molecule has 21 heavy (non-hydrogen) atoms. The number of rotatable bonds is 3. The van der Waals surface area contributed by atoms with E-state index in [0.29, 0.717) is 17.0 Å². The highest BCUT2D eigenvalue weighted by molar-refractivity contribution is 9.10. The SMILES string of the molecule is Cc1ccccc1-c1onc(-c2ccccc2Br)c1CO. The van der Waals surface area contributed by atoms with Gasteiger partial charge in [0.05, 0.1) is 12.2 Å². The highest BCUT2D eigenvalue weighted by Gasteiger charge is 2.20. The van der Waals surface area contributed by atoms with Crippen LogP contribution in [0.3, 0.4) is 0 Å². The average Bonchev–Trinajstić information content (AvgIpc) is 2.91. The number of aliphatic hydroxyl groups is 1. The second-order valence-corrected chi connectivity index (χ2v) is 5.65. The molecule has 3 nitrogen and oxygen atoms in total. The standard InChI is InChI=1S/C17H14BrNO2/c1-11-6-2-3-7-12(11)17-14(10-20)16(19-21-17)13-8-4-5-9-15(13)18/h2-9,20H,10H2,1H3. The van der Waals surface area contributed by atoms with E-state index < -0.39 is 0 Å². The first-order valence-electron chi connectivity index (χ1n) is 6.62. The molecule has 0 spiro atoms. The summed E-state index contributed by atoms with van der Waals surface area (Å²) in [5, 5.41) is 13.9. The third-order valence-electron chi connectivity index (χ3n) is 3.46. The predicted octanol–water partition coefficient (Wildman–Crippen LogP) is 4.57. The fourth-order valence-corrected chi connectivity index (χ4v) is 2.83. The Kier molecular flexibility index (Phi) is 3.90. The number of aryl methyl sites for hydroxylation is 1. The Balaban J connectivity index is 2.19. The van der Waals surface area contributed by atoms with Crippen LogP contribution in [0.25, 0.3) is 22.6 Å². The molecule has 0 unspecified atom stereocenters. The molecule has 0 amide bonds. The van der Waals surface area contributed by atoms with E-state index in [0.717, 1.165) is 21.2 Å². The van der Waals surface area contributed by atoms with E-state index in [-0.39, 0.29) is 6.61 Å². The first kappa shape index (κ1) is 14.0. The number of benzene rings is 2. The lowest BCUT2D eigenvalue weighted by molar-refractivity contribution is 0.281. The third-order valence-corrected chi connectivity index (χ3v) is 4.16. The topological polar surface area (TPSA) is 46.3 Å². The van der Waals surface area contributed by atoms with E-state index in [9.17, 15) is 5.11 Å². The first-order valence-corrected chi connectivity index (χ1v) is 7.42. The minimum absolute atomic E-state index is 0.121. The van der Waals surface area contributed by atoms with Crippen molar-refractivity contribution in [3.8, 4) is 22.6 Å². The zero-order valence-electron chi connectivity index (χ0n) is 11.5. The van der Waals surface area contributed by atoms with Crippen molar-refractivity contribution >= 4 is 15.9 Å². The molecule has 0 radical (unpaired) electrons. The van der Waals surface area contributed by atoms with Crippen molar-refractivity contribution in [2.75, 3.05) is 0 Å². The number of hydrogen-bond donors (Lipinski definition) is 1. The number of aromatic nitrogens is 1. The van der Waals surface area contributed by atoms with E-state index in [1.807, 2.05) is 55.5 Å². The van der Waals surface area contributed by atoms with Crippen LogP contribution in [-0.4, -0.2) is 10.3 Å². The maximum absolute atomic E-state index is 9.78. The summed E-state index contributed by atoms with van der Waals surface area (Å²) in [6.45, 7) is 1.89. The van der Waals surface area contributed by atoms with Crippen molar-refractivity contribution in [3.05, 3.63) is 64.1 Å². The lowest BCUT2D eigenvalue weighted by atomic mass is 10.00. The summed E-state index contributed by atoms with van der Waals surface area (Å²) in [6.07, 6.45) is 0. The Morgan fingerprint density at radius 3 is 2.38 bits per heavy atom. The van der Waals surface area contributed by atoms with Crippen molar-refractivity contribution in [1.29, 1.82) is 0 Å². The molecule has 106 valence electrons. The Hall–Kier alpha value is -1.91. The second-order valence-electron chi connectivity index (χ2n) is 4.79. The van der Waals surface area contributed by atoms with Gasteiger partial charge >= 0.3 is 0 Å². The van der Waals surface area contributed by atoms with Gasteiger partial charge < -0.3 is 9.63 Å². The zero-order valence-corrected chi connectivity index (χ0v) is 13.1. The number of aliphatic hydroxyl groups excluding tert-OH is 1. The lowest BCUT2D eigenvalue weighted by Gasteiger charge is -2.05. The molecule has 4 heteroatoms. The molecule has 0 aliphatic rings. The van der Waals surface area contributed by atoms with Crippen LogP contribution in [0.1, 0.15) is 11.1 Å². The van der Waals surface area contributed by atoms with Crippen LogP contribution in [0.5, 0.6) is 0 Å². The van der Waals surface area contributed by atoms with Gasteiger partial charge in [0.1, 0.15) is 5.69 Å². The molecule has 1 heterocycles. The van der Waals surface area contributed by atoms with Gasteiger partial charge in [-0.3, -0.25) is 0 Å².